The van der Waals surface area contributed by atoms with E-state index in [-0.39, 0.29) is 17.1 Å². The van der Waals surface area contributed by atoms with Crippen LogP contribution >= 0.6 is 27.7 Å². The van der Waals surface area contributed by atoms with Gasteiger partial charge in [0.05, 0.1) is 11.6 Å². The fourth-order valence-electron chi connectivity index (χ4n) is 1.51. The number of hydrogen-bond donors (Lipinski definition) is 1. The molecule has 84 valence electrons. The first-order valence-electron chi connectivity index (χ1n) is 4.90. The van der Waals surface area contributed by atoms with Crippen LogP contribution in [0.3, 0.4) is 0 Å². The highest BCUT2D eigenvalue weighted by atomic mass is 79.9. The molecular formula is C11H10BrNO2S. The van der Waals surface area contributed by atoms with Crippen molar-refractivity contribution < 1.29 is 9.59 Å². The van der Waals surface area contributed by atoms with Crippen LogP contribution in [0.5, 0.6) is 0 Å². The third-order valence-electron chi connectivity index (χ3n) is 2.36. The van der Waals surface area contributed by atoms with Crippen molar-refractivity contribution in [3.63, 3.8) is 0 Å². The van der Waals surface area contributed by atoms with E-state index in [1.54, 1.807) is 18.2 Å². The smallest absolute Gasteiger partial charge is 0.253 e. The molecule has 1 aromatic carbocycles. The summed E-state index contributed by atoms with van der Waals surface area (Å²) in [5, 5.41) is 2.80. The third-order valence-corrected chi connectivity index (χ3v) is 4.06. The highest BCUT2D eigenvalue weighted by Crippen LogP contribution is 2.21. The molecule has 1 aliphatic heterocycles. The number of amides is 1. The van der Waals surface area contributed by atoms with Crippen molar-refractivity contribution in [2.45, 2.75) is 12.5 Å². The van der Waals surface area contributed by atoms with Gasteiger partial charge in [0, 0.05) is 10.2 Å². The molecule has 2 rings (SSSR count). The van der Waals surface area contributed by atoms with Gasteiger partial charge in [0.25, 0.3) is 5.91 Å². The molecule has 1 heterocycles. The average molecular weight is 300 g/mol. The van der Waals surface area contributed by atoms with Crippen LogP contribution in [-0.2, 0) is 4.79 Å². The van der Waals surface area contributed by atoms with Gasteiger partial charge >= 0.3 is 0 Å². The highest BCUT2D eigenvalue weighted by Gasteiger charge is 2.27. The van der Waals surface area contributed by atoms with E-state index >= 15 is 0 Å². The van der Waals surface area contributed by atoms with Gasteiger partial charge in [-0.2, -0.15) is 0 Å². The lowest BCUT2D eigenvalue weighted by atomic mass is 10.2. The maximum atomic E-state index is 11.9. The van der Waals surface area contributed by atoms with Crippen molar-refractivity contribution in [2.75, 3.05) is 5.75 Å². The number of carbonyl (C=O) groups excluding carboxylic acids is 2. The molecule has 0 saturated carbocycles. The molecule has 1 amide bonds. The van der Waals surface area contributed by atoms with Crippen molar-refractivity contribution in [2.24, 2.45) is 0 Å². The Labute approximate surface area is 106 Å². The van der Waals surface area contributed by atoms with Crippen LogP contribution in [0.25, 0.3) is 0 Å². The molecule has 3 nitrogen and oxygen atoms in total. The van der Waals surface area contributed by atoms with E-state index in [1.165, 1.54) is 11.8 Å². The lowest BCUT2D eigenvalue weighted by molar-refractivity contribution is -0.112. The Morgan fingerprint density at radius 1 is 1.44 bits per heavy atom. The van der Waals surface area contributed by atoms with Crippen molar-refractivity contribution in [1.29, 1.82) is 0 Å². The van der Waals surface area contributed by atoms with Gasteiger partial charge in [-0.25, -0.2) is 0 Å². The monoisotopic (exact) mass is 299 g/mol. The van der Waals surface area contributed by atoms with Crippen LogP contribution in [0.4, 0.5) is 0 Å². The van der Waals surface area contributed by atoms with Gasteiger partial charge in [-0.15, -0.1) is 0 Å². The Morgan fingerprint density at radius 2 is 2.19 bits per heavy atom. The van der Waals surface area contributed by atoms with Gasteiger partial charge in [0.1, 0.15) is 0 Å². The van der Waals surface area contributed by atoms with Crippen LogP contribution in [0.2, 0.25) is 0 Å². The Morgan fingerprint density at radius 3 is 2.81 bits per heavy atom. The van der Waals surface area contributed by atoms with Gasteiger partial charge < -0.3 is 5.32 Å². The summed E-state index contributed by atoms with van der Waals surface area (Å²) >= 11 is 4.59. The van der Waals surface area contributed by atoms with Gasteiger partial charge in [-0.05, 0) is 34.5 Å². The first-order chi connectivity index (χ1) is 7.68. The van der Waals surface area contributed by atoms with Crippen LogP contribution < -0.4 is 5.32 Å². The van der Waals surface area contributed by atoms with E-state index in [4.69, 9.17) is 0 Å². The van der Waals surface area contributed by atoms with Crippen molar-refractivity contribution in [3.05, 3.63) is 34.3 Å². The van der Waals surface area contributed by atoms with Crippen LogP contribution in [0.15, 0.2) is 28.7 Å². The average Bonchev–Trinajstić information content (AvgIpc) is 2.65. The second-order valence-corrected chi connectivity index (χ2v) is 5.42. The molecule has 1 saturated heterocycles. The van der Waals surface area contributed by atoms with E-state index in [0.29, 0.717) is 5.56 Å². The summed E-state index contributed by atoms with van der Waals surface area (Å²) in [6.45, 7) is 0. The van der Waals surface area contributed by atoms with Gasteiger partial charge in [0.15, 0.2) is 0 Å². The minimum atomic E-state index is -0.329. The topological polar surface area (TPSA) is 46.2 Å². The molecular weight excluding hydrogens is 290 g/mol. The normalized spacial score (nSPS) is 19.8. The first kappa shape index (κ1) is 11.7. The maximum absolute atomic E-state index is 11.9. The van der Waals surface area contributed by atoms with Crippen molar-refractivity contribution in [1.82, 2.24) is 5.32 Å². The molecule has 1 N–H and O–H groups in total. The fraction of sp³-hybridized carbons (Fsp3) is 0.273. The lowest BCUT2D eigenvalue weighted by Gasteiger charge is -2.10. The predicted octanol–water partition coefficient (Wildman–Crippen LogP) is 2.21. The summed E-state index contributed by atoms with van der Waals surface area (Å²) in [5.41, 5.74) is 0.562. The van der Waals surface area contributed by atoms with Crippen LogP contribution in [0.1, 0.15) is 16.8 Å². The first-order valence-corrected chi connectivity index (χ1v) is 6.68. The Kier molecular flexibility index (Phi) is 3.66. The molecule has 5 heteroatoms. The number of thioether (sulfide) groups is 1. The Balaban J connectivity index is 2.09. The van der Waals surface area contributed by atoms with Gasteiger partial charge in [-0.1, -0.05) is 23.9 Å². The molecule has 0 radical (unpaired) electrons. The zero-order valence-electron chi connectivity index (χ0n) is 8.40. The molecule has 0 aliphatic carbocycles. The Hall–Kier alpha value is -0.810. The molecule has 1 atom stereocenters. The summed E-state index contributed by atoms with van der Waals surface area (Å²) in [4.78, 5) is 23.2. The quantitative estimate of drug-likeness (QED) is 0.911. The zero-order valence-corrected chi connectivity index (χ0v) is 10.8. The van der Waals surface area contributed by atoms with Crippen molar-refractivity contribution >= 4 is 38.7 Å². The number of nitrogens with one attached hydrogen (secondary N) is 1. The number of carbonyl (C=O) groups is 2. The molecule has 0 spiro atoms. The van der Waals surface area contributed by atoms with E-state index in [2.05, 4.69) is 21.2 Å². The summed E-state index contributed by atoms with van der Waals surface area (Å²) in [6, 6.07) is 6.85. The zero-order chi connectivity index (χ0) is 11.5. The predicted molar refractivity (Wildman–Crippen MR) is 67.5 cm³/mol. The number of benzene rings is 1. The summed E-state index contributed by atoms with van der Waals surface area (Å²) in [6.07, 6.45) is 0.722. The minimum absolute atomic E-state index is 0.0559. The summed E-state index contributed by atoms with van der Waals surface area (Å²) in [5.74, 6) is 0.591. The van der Waals surface area contributed by atoms with Gasteiger partial charge in [0.2, 0.25) is 5.12 Å². The van der Waals surface area contributed by atoms with Crippen molar-refractivity contribution in [3.8, 4) is 0 Å². The number of halogens is 1. The summed E-state index contributed by atoms with van der Waals surface area (Å²) < 4.78 is 0.741. The van der Waals surface area contributed by atoms with Crippen LogP contribution in [-0.4, -0.2) is 22.8 Å². The molecule has 0 unspecified atom stereocenters. The van der Waals surface area contributed by atoms with E-state index in [0.717, 1.165) is 16.6 Å². The highest BCUT2D eigenvalue weighted by molar-refractivity contribution is 9.10. The summed E-state index contributed by atoms with van der Waals surface area (Å²) in [7, 11) is 0. The molecule has 0 aromatic heterocycles. The molecule has 16 heavy (non-hydrogen) atoms. The minimum Gasteiger partial charge on any atom is -0.341 e. The second kappa shape index (κ2) is 5.01. The number of rotatable bonds is 2. The molecule has 0 bridgehead atoms. The SMILES string of the molecule is O=C(N[C@@H]1CCSC1=O)c1ccccc1Br. The fourth-order valence-corrected chi connectivity index (χ4v) is 2.91. The van der Waals surface area contributed by atoms with E-state index in [1.807, 2.05) is 6.07 Å². The van der Waals surface area contributed by atoms with Crippen LogP contribution in [0, 0.1) is 0 Å². The second-order valence-electron chi connectivity index (χ2n) is 3.46. The maximum Gasteiger partial charge on any atom is 0.253 e. The number of hydrogen-bond acceptors (Lipinski definition) is 3. The standard InChI is InChI=1S/C11H10BrNO2S/c12-8-4-2-1-3-7(8)10(14)13-9-5-6-16-11(9)15/h1-4,9H,5-6H2,(H,13,14)/t9-/m1/s1. The molecule has 1 fully saturated rings. The Bertz CT molecular complexity index is 436. The molecule has 1 aromatic rings. The van der Waals surface area contributed by atoms with E-state index < -0.39 is 0 Å². The van der Waals surface area contributed by atoms with Gasteiger partial charge in [-0.3, -0.25) is 9.59 Å². The lowest BCUT2D eigenvalue weighted by Crippen LogP contribution is -2.37. The largest absolute Gasteiger partial charge is 0.341 e. The van der Waals surface area contributed by atoms with E-state index in [9.17, 15) is 9.59 Å². The molecule has 1 aliphatic rings. The third kappa shape index (κ3) is 2.47.